The quantitative estimate of drug-likeness (QED) is 0.603. The Bertz CT molecular complexity index is 686. The molecule has 6 heteroatoms. The Morgan fingerprint density at radius 2 is 2.09 bits per heavy atom. The van der Waals surface area contributed by atoms with Crippen LogP contribution in [0.25, 0.3) is 6.08 Å². The summed E-state index contributed by atoms with van der Waals surface area (Å²) in [6, 6.07) is 2.84. The van der Waals surface area contributed by atoms with E-state index >= 15 is 0 Å². The van der Waals surface area contributed by atoms with Gasteiger partial charge in [0.05, 0.1) is 4.91 Å². The summed E-state index contributed by atoms with van der Waals surface area (Å²) in [4.78, 5) is 17.1. The predicted octanol–water partition coefficient (Wildman–Crippen LogP) is 3.20. The number of carbonyl (C=O) groups excluding carboxylic acids is 1. The fourth-order valence-electron chi connectivity index (χ4n) is 2.98. The Balaban J connectivity index is 1.82. The van der Waals surface area contributed by atoms with E-state index < -0.39 is 0 Å². The molecule has 0 N–H and O–H groups in total. The van der Waals surface area contributed by atoms with Gasteiger partial charge in [-0.15, -0.1) is 0 Å². The molecule has 1 aliphatic carbocycles. The average Bonchev–Trinajstić information content (AvgIpc) is 3.20. The van der Waals surface area contributed by atoms with Crippen LogP contribution in [-0.4, -0.2) is 51.8 Å². The number of thiocarbonyl (C=S) groups is 1. The molecule has 124 valence electrons. The van der Waals surface area contributed by atoms with E-state index in [0.717, 1.165) is 17.0 Å². The lowest BCUT2D eigenvalue weighted by atomic mass is 10.2. The van der Waals surface area contributed by atoms with Gasteiger partial charge in [-0.3, -0.25) is 9.69 Å². The zero-order valence-corrected chi connectivity index (χ0v) is 15.8. The fraction of sp³-hybridized carbons (Fsp3) is 0.529. The molecule has 0 aromatic carbocycles. The highest BCUT2D eigenvalue weighted by Crippen LogP contribution is 2.39. The molecule has 2 heterocycles. The Labute approximate surface area is 147 Å². The third-order valence-electron chi connectivity index (χ3n) is 4.37. The molecule has 2 aliphatic rings. The van der Waals surface area contributed by atoms with E-state index in [1.165, 1.54) is 36.0 Å². The maximum atomic E-state index is 12.6. The number of carbonyl (C=O) groups is 1. The van der Waals surface area contributed by atoms with Crippen LogP contribution in [-0.2, 0) is 4.79 Å². The first-order chi connectivity index (χ1) is 10.9. The number of aryl methyl sites for hydroxylation is 1. The number of hydrogen-bond donors (Lipinski definition) is 0. The Hall–Kier alpha value is -1.11. The molecule has 2 fully saturated rings. The molecule has 1 saturated heterocycles. The molecule has 1 saturated carbocycles. The minimum atomic E-state index is 0.0399. The third-order valence-corrected chi connectivity index (χ3v) is 5.74. The van der Waals surface area contributed by atoms with E-state index in [1.54, 1.807) is 4.90 Å². The number of thioether (sulfide) groups is 1. The van der Waals surface area contributed by atoms with Crippen molar-refractivity contribution in [1.82, 2.24) is 14.4 Å². The van der Waals surface area contributed by atoms with Crippen LogP contribution in [0, 0.1) is 13.8 Å². The maximum Gasteiger partial charge on any atom is 0.266 e. The van der Waals surface area contributed by atoms with Crippen molar-refractivity contribution >= 4 is 40.3 Å². The number of aromatic nitrogens is 1. The normalized spacial score (nSPS) is 20.4. The van der Waals surface area contributed by atoms with Crippen LogP contribution in [0.15, 0.2) is 11.0 Å². The van der Waals surface area contributed by atoms with Crippen molar-refractivity contribution in [1.29, 1.82) is 0 Å². The van der Waals surface area contributed by atoms with Crippen molar-refractivity contribution in [2.24, 2.45) is 0 Å². The summed E-state index contributed by atoms with van der Waals surface area (Å²) >= 11 is 6.80. The second kappa shape index (κ2) is 6.42. The summed E-state index contributed by atoms with van der Waals surface area (Å²) in [5, 5.41) is 0. The summed E-state index contributed by atoms with van der Waals surface area (Å²) in [5.41, 5.74) is 3.67. The molecule has 0 radical (unpaired) electrons. The topological polar surface area (TPSA) is 28.5 Å². The average molecular weight is 350 g/mol. The number of rotatable bonds is 5. The Kier molecular flexibility index (Phi) is 4.67. The van der Waals surface area contributed by atoms with Gasteiger partial charge in [-0.2, -0.15) is 0 Å². The minimum absolute atomic E-state index is 0.0399. The van der Waals surface area contributed by atoms with Gasteiger partial charge in [0.2, 0.25) is 0 Å². The number of nitrogens with zero attached hydrogens (tertiary/aromatic N) is 3. The van der Waals surface area contributed by atoms with E-state index in [-0.39, 0.29) is 5.91 Å². The van der Waals surface area contributed by atoms with E-state index in [1.807, 2.05) is 20.2 Å². The molecule has 0 bridgehead atoms. The summed E-state index contributed by atoms with van der Waals surface area (Å²) < 4.78 is 3.07. The first-order valence-corrected chi connectivity index (χ1v) is 9.19. The van der Waals surface area contributed by atoms with Gasteiger partial charge in [0.25, 0.3) is 5.91 Å². The number of amides is 1. The van der Waals surface area contributed by atoms with E-state index in [2.05, 4.69) is 29.4 Å². The van der Waals surface area contributed by atoms with Crippen LogP contribution in [0.5, 0.6) is 0 Å². The summed E-state index contributed by atoms with van der Waals surface area (Å²) in [6.07, 6.45) is 4.54. The van der Waals surface area contributed by atoms with Gasteiger partial charge in [0.1, 0.15) is 4.32 Å². The minimum Gasteiger partial charge on any atom is -0.346 e. The van der Waals surface area contributed by atoms with Gasteiger partial charge >= 0.3 is 0 Å². The van der Waals surface area contributed by atoms with Crippen molar-refractivity contribution in [3.05, 3.63) is 27.9 Å². The van der Waals surface area contributed by atoms with Crippen LogP contribution in [0.2, 0.25) is 0 Å². The van der Waals surface area contributed by atoms with E-state index in [0.29, 0.717) is 16.9 Å². The fourth-order valence-corrected chi connectivity index (χ4v) is 4.28. The van der Waals surface area contributed by atoms with Crippen LogP contribution in [0.4, 0.5) is 0 Å². The smallest absolute Gasteiger partial charge is 0.266 e. The van der Waals surface area contributed by atoms with Gasteiger partial charge in [0.15, 0.2) is 0 Å². The lowest BCUT2D eigenvalue weighted by Crippen LogP contribution is -2.34. The zero-order chi connectivity index (χ0) is 16.7. The molecule has 0 unspecified atom stereocenters. The molecule has 1 amide bonds. The number of likely N-dealkylation sites (N-methyl/N-ethyl adjacent to an activating group) is 1. The Morgan fingerprint density at radius 3 is 2.70 bits per heavy atom. The summed E-state index contributed by atoms with van der Waals surface area (Å²) in [5.74, 6) is 0.0399. The van der Waals surface area contributed by atoms with Crippen molar-refractivity contribution in [3.8, 4) is 0 Å². The Morgan fingerprint density at radius 1 is 1.39 bits per heavy atom. The predicted molar refractivity (Wildman–Crippen MR) is 101 cm³/mol. The lowest BCUT2D eigenvalue weighted by Gasteiger charge is -2.17. The van der Waals surface area contributed by atoms with Crippen molar-refractivity contribution in [2.75, 3.05) is 27.2 Å². The lowest BCUT2D eigenvalue weighted by molar-refractivity contribution is -0.122. The van der Waals surface area contributed by atoms with Crippen molar-refractivity contribution in [3.63, 3.8) is 0 Å². The largest absolute Gasteiger partial charge is 0.346 e. The maximum absolute atomic E-state index is 12.6. The molecular formula is C17H23N3OS2. The molecule has 1 aromatic heterocycles. The van der Waals surface area contributed by atoms with Crippen LogP contribution >= 0.6 is 24.0 Å². The van der Waals surface area contributed by atoms with Crippen LogP contribution in [0.3, 0.4) is 0 Å². The van der Waals surface area contributed by atoms with Crippen LogP contribution in [0.1, 0.15) is 35.8 Å². The first kappa shape index (κ1) is 16.7. The second-order valence-corrected chi connectivity index (χ2v) is 8.24. The third kappa shape index (κ3) is 3.39. The van der Waals surface area contributed by atoms with Gasteiger partial charge in [-0.1, -0.05) is 24.0 Å². The van der Waals surface area contributed by atoms with Gasteiger partial charge in [-0.25, -0.2) is 0 Å². The monoisotopic (exact) mass is 349 g/mol. The van der Waals surface area contributed by atoms with Crippen molar-refractivity contribution in [2.45, 2.75) is 32.7 Å². The SMILES string of the molecule is Cc1cc(C=C2SC(=S)N(CCN(C)C)C2=O)c(C)n1C1CC1. The molecule has 1 aliphatic heterocycles. The molecule has 1 aromatic rings. The van der Waals surface area contributed by atoms with Gasteiger partial charge < -0.3 is 9.47 Å². The molecule has 0 atom stereocenters. The summed E-state index contributed by atoms with van der Waals surface area (Å²) in [6.45, 7) is 5.75. The molecule has 4 nitrogen and oxygen atoms in total. The van der Waals surface area contributed by atoms with Gasteiger partial charge in [-0.05, 0) is 58.5 Å². The van der Waals surface area contributed by atoms with E-state index in [4.69, 9.17) is 12.2 Å². The highest BCUT2D eigenvalue weighted by atomic mass is 32.2. The molecule has 23 heavy (non-hydrogen) atoms. The molecule has 0 spiro atoms. The number of hydrogen-bond acceptors (Lipinski definition) is 4. The highest BCUT2D eigenvalue weighted by molar-refractivity contribution is 8.26. The van der Waals surface area contributed by atoms with Crippen LogP contribution < -0.4 is 0 Å². The standard InChI is InChI=1S/C17H23N3OS2/c1-11-9-13(12(2)20(11)14-5-6-14)10-15-16(21)19(17(22)23-15)8-7-18(3)4/h9-10,14H,5-8H2,1-4H3. The summed E-state index contributed by atoms with van der Waals surface area (Å²) in [7, 11) is 4.00. The van der Waals surface area contributed by atoms with Gasteiger partial charge in [0, 0.05) is 30.5 Å². The van der Waals surface area contributed by atoms with E-state index in [9.17, 15) is 4.79 Å². The first-order valence-electron chi connectivity index (χ1n) is 7.97. The second-order valence-electron chi connectivity index (χ2n) is 6.56. The molecule has 3 rings (SSSR count). The zero-order valence-electron chi connectivity index (χ0n) is 14.1. The van der Waals surface area contributed by atoms with Crippen molar-refractivity contribution < 1.29 is 4.79 Å². The molecular weight excluding hydrogens is 326 g/mol. The highest BCUT2D eigenvalue weighted by Gasteiger charge is 2.32.